The first-order valence-corrected chi connectivity index (χ1v) is 10.6. The standard InChI is InChI=1S/C20H20N2O3S2/c1-11-6-4-7-13(10-11)22-18(23)16-14-8-5-9-15(14)27-17(16)21-20(22)26-12(2)19(24)25-3/h4,6-7,10,12H,5,8-9H2,1-3H3/t12-/m0/s1. The topological polar surface area (TPSA) is 61.2 Å². The van der Waals surface area contributed by atoms with Crippen LogP contribution in [-0.4, -0.2) is 27.9 Å². The summed E-state index contributed by atoms with van der Waals surface area (Å²) in [6.45, 7) is 3.76. The molecule has 0 saturated carbocycles. The lowest BCUT2D eigenvalue weighted by Crippen LogP contribution is -2.24. The maximum atomic E-state index is 13.5. The summed E-state index contributed by atoms with van der Waals surface area (Å²) in [4.78, 5) is 32.3. The summed E-state index contributed by atoms with van der Waals surface area (Å²) in [5.74, 6) is -0.334. The number of thioether (sulfide) groups is 1. The molecule has 0 bridgehead atoms. The molecule has 0 radical (unpaired) electrons. The van der Waals surface area contributed by atoms with E-state index in [1.165, 1.54) is 23.7 Å². The minimum absolute atomic E-state index is 0.0513. The van der Waals surface area contributed by atoms with Crippen molar-refractivity contribution in [2.75, 3.05) is 7.11 Å². The number of hydrogen-bond donors (Lipinski definition) is 0. The third-order valence-electron chi connectivity index (χ3n) is 4.78. The fraction of sp³-hybridized carbons (Fsp3) is 0.350. The molecule has 0 saturated heterocycles. The number of aromatic nitrogens is 2. The highest BCUT2D eigenvalue weighted by Crippen LogP contribution is 2.36. The number of esters is 1. The number of benzene rings is 1. The third-order valence-corrected chi connectivity index (χ3v) is 7.00. The third kappa shape index (κ3) is 3.19. The van der Waals surface area contributed by atoms with Crippen LogP contribution in [0.5, 0.6) is 0 Å². The van der Waals surface area contributed by atoms with E-state index >= 15 is 0 Å². The first-order chi connectivity index (χ1) is 13.0. The lowest BCUT2D eigenvalue weighted by Gasteiger charge is -2.15. The molecule has 3 aromatic rings. The van der Waals surface area contributed by atoms with Crippen LogP contribution in [0.15, 0.2) is 34.2 Å². The molecular formula is C20H20N2O3S2. The van der Waals surface area contributed by atoms with Crippen LogP contribution in [0.2, 0.25) is 0 Å². The molecule has 0 unspecified atom stereocenters. The van der Waals surface area contributed by atoms with Gasteiger partial charge in [-0.05, 0) is 56.4 Å². The van der Waals surface area contributed by atoms with Crippen molar-refractivity contribution in [3.05, 3.63) is 50.6 Å². The Labute approximate surface area is 165 Å². The van der Waals surface area contributed by atoms with Gasteiger partial charge in [-0.15, -0.1) is 11.3 Å². The van der Waals surface area contributed by atoms with Gasteiger partial charge in [-0.25, -0.2) is 4.98 Å². The van der Waals surface area contributed by atoms with Crippen LogP contribution < -0.4 is 5.56 Å². The fourth-order valence-electron chi connectivity index (χ4n) is 3.47. The highest BCUT2D eigenvalue weighted by atomic mass is 32.2. The first kappa shape index (κ1) is 18.3. The number of ether oxygens (including phenoxy) is 1. The van der Waals surface area contributed by atoms with Crippen molar-refractivity contribution in [1.82, 2.24) is 9.55 Å². The van der Waals surface area contributed by atoms with Crippen molar-refractivity contribution < 1.29 is 9.53 Å². The quantitative estimate of drug-likeness (QED) is 0.378. The van der Waals surface area contributed by atoms with Gasteiger partial charge in [-0.3, -0.25) is 14.2 Å². The SMILES string of the molecule is COC(=O)[C@H](C)Sc1nc2sc3c(c2c(=O)n1-c1cccc(C)c1)CCC3. The summed E-state index contributed by atoms with van der Waals surface area (Å²) >= 11 is 2.87. The Hall–Kier alpha value is -2.12. The summed E-state index contributed by atoms with van der Waals surface area (Å²) in [5, 5.41) is 0.808. The molecule has 7 heteroatoms. The van der Waals surface area contributed by atoms with Gasteiger partial charge in [-0.1, -0.05) is 23.9 Å². The van der Waals surface area contributed by atoms with Gasteiger partial charge in [0.15, 0.2) is 5.16 Å². The maximum Gasteiger partial charge on any atom is 0.318 e. The molecule has 0 amide bonds. The largest absolute Gasteiger partial charge is 0.468 e. The molecule has 0 spiro atoms. The Morgan fingerprint density at radius 1 is 1.37 bits per heavy atom. The van der Waals surface area contributed by atoms with E-state index in [4.69, 9.17) is 9.72 Å². The number of rotatable bonds is 4. The van der Waals surface area contributed by atoms with Gasteiger partial charge in [0.2, 0.25) is 0 Å². The maximum absolute atomic E-state index is 13.5. The van der Waals surface area contributed by atoms with Crippen molar-refractivity contribution in [1.29, 1.82) is 0 Å². The van der Waals surface area contributed by atoms with E-state index in [-0.39, 0.29) is 11.5 Å². The molecule has 2 aromatic heterocycles. The molecule has 0 N–H and O–H groups in total. The number of methoxy groups -OCH3 is 1. The summed E-state index contributed by atoms with van der Waals surface area (Å²) < 4.78 is 6.49. The Morgan fingerprint density at radius 3 is 2.93 bits per heavy atom. The number of nitrogens with zero attached hydrogens (tertiary/aromatic N) is 2. The first-order valence-electron chi connectivity index (χ1n) is 8.88. The Kier molecular flexibility index (Phi) is 4.82. The number of hydrogen-bond acceptors (Lipinski definition) is 6. The van der Waals surface area contributed by atoms with Crippen molar-refractivity contribution in [2.45, 2.75) is 43.5 Å². The number of carbonyl (C=O) groups excluding carboxylic acids is 1. The molecule has 4 rings (SSSR count). The minimum atomic E-state index is -0.456. The number of carbonyl (C=O) groups is 1. The van der Waals surface area contributed by atoms with E-state index in [1.807, 2.05) is 31.2 Å². The summed E-state index contributed by atoms with van der Waals surface area (Å²) in [5.41, 5.74) is 2.94. The predicted molar refractivity (Wildman–Crippen MR) is 109 cm³/mol. The van der Waals surface area contributed by atoms with E-state index in [1.54, 1.807) is 22.8 Å². The van der Waals surface area contributed by atoms with E-state index in [2.05, 4.69) is 0 Å². The summed E-state index contributed by atoms with van der Waals surface area (Å²) in [7, 11) is 1.37. The Bertz CT molecular complexity index is 1100. The van der Waals surface area contributed by atoms with Gasteiger partial charge in [0.25, 0.3) is 5.56 Å². The molecule has 140 valence electrons. The van der Waals surface area contributed by atoms with Crippen LogP contribution in [0.4, 0.5) is 0 Å². The second-order valence-electron chi connectivity index (χ2n) is 6.69. The number of thiophene rings is 1. The summed E-state index contributed by atoms with van der Waals surface area (Å²) in [6, 6.07) is 7.79. The van der Waals surface area contributed by atoms with E-state index in [0.29, 0.717) is 5.16 Å². The average Bonchev–Trinajstić information content (AvgIpc) is 3.21. The van der Waals surface area contributed by atoms with Crippen LogP contribution in [0.1, 0.15) is 29.3 Å². The van der Waals surface area contributed by atoms with Gasteiger partial charge in [0, 0.05) is 4.88 Å². The molecule has 27 heavy (non-hydrogen) atoms. The molecule has 5 nitrogen and oxygen atoms in total. The number of fused-ring (bicyclic) bond motifs is 3. The monoisotopic (exact) mass is 400 g/mol. The zero-order chi connectivity index (χ0) is 19.1. The van der Waals surface area contributed by atoms with Gasteiger partial charge in [0.1, 0.15) is 10.1 Å². The van der Waals surface area contributed by atoms with E-state index in [0.717, 1.165) is 46.3 Å². The molecule has 2 heterocycles. The van der Waals surface area contributed by atoms with Crippen LogP contribution in [0, 0.1) is 6.92 Å². The van der Waals surface area contributed by atoms with E-state index < -0.39 is 5.25 Å². The van der Waals surface area contributed by atoms with Crippen LogP contribution in [0.3, 0.4) is 0 Å². The van der Waals surface area contributed by atoms with Gasteiger partial charge < -0.3 is 4.74 Å². The van der Waals surface area contributed by atoms with Crippen molar-refractivity contribution >= 4 is 39.3 Å². The molecule has 0 aliphatic heterocycles. The minimum Gasteiger partial charge on any atom is -0.468 e. The van der Waals surface area contributed by atoms with E-state index in [9.17, 15) is 9.59 Å². The highest BCUT2D eigenvalue weighted by Gasteiger charge is 2.26. The van der Waals surface area contributed by atoms with Gasteiger partial charge in [-0.2, -0.15) is 0 Å². The molecule has 0 fully saturated rings. The second kappa shape index (κ2) is 7.13. The molecule has 1 atom stereocenters. The lowest BCUT2D eigenvalue weighted by molar-refractivity contribution is -0.139. The predicted octanol–water partition coefficient (Wildman–Crippen LogP) is 3.90. The second-order valence-corrected chi connectivity index (χ2v) is 9.09. The fourth-order valence-corrected chi connectivity index (χ4v) is 5.73. The highest BCUT2D eigenvalue weighted by molar-refractivity contribution is 8.00. The zero-order valence-electron chi connectivity index (χ0n) is 15.4. The number of aryl methyl sites for hydroxylation is 3. The molecular weight excluding hydrogens is 380 g/mol. The molecule has 1 aliphatic carbocycles. The van der Waals surface area contributed by atoms with Crippen LogP contribution >= 0.6 is 23.1 Å². The van der Waals surface area contributed by atoms with Crippen molar-refractivity contribution in [3.8, 4) is 5.69 Å². The Morgan fingerprint density at radius 2 is 2.19 bits per heavy atom. The molecule has 1 aromatic carbocycles. The molecule has 1 aliphatic rings. The average molecular weight is 401 g/mol. The van der Waals surface area contributed by atoms with Crippen LogP contribution in [0.25, 0.3) is 15.9 Å². The van der Waals surface area contributed by atoms with Crippen LogP contribution in [-0.2, 0) is 22.4 Å². The zero-order valence-corrected chi connectivity index (χ0v) is 17.1. The smallest absolute Gasteiger partial charge is 0.318 e. The van der Waals surface area contributed by atoms with Gasteiger partial charge >= 0.3 is 5.97 Å². The van der Waals surface area contributed by atoms with Gasteiger partial charge in [0.05, 0.1) is 18.2 Å². The van der Waals surface area contributed by atoms with Crippen molar-refractivity contribution in [3.63, 3.8) is 0 Å². The normalized spacial score (nSPS) is 14.3. The lowest BCUT2D eigenvalue weighted by atomic mass is 10.2. The Balaban J connectivity index is 1.96. The summed E-state index contributed by atoms with van der Waals surface area (Å²) in [6.07, 6.45) is 3.04. The van der Waals surface area contributed by atoms with Crippen molar-refractivity contribution in [2.24, 2.45) is 0 Å².